The van der Waals surface area contributed by atoms with Gasteiger partial charge in [0.05, 0.1) is 16.3 Å². The fraction of sp³-hybridized carbons (Fsp3) is 0.130. The molecule has 0 heterocycles. The summed E-state index contributed by atoms with van der Waals surface area (Å²) in [4.78, 5) is 12.8. The van der Waals surface area contributed by atoms with Crippen LogP contribution in [0.2, 0.25) is 5.02 Å². The topological polar surface area (TPSA) is 78.8 Å². The van der Waals surface area contributed by atoms with Crippen molar-refractivity contribution in [2.24, 2.45) is 5.10 Å². The van der Waals surface area contributed by atoms with E-state index in [0.29, 0.717) is 22.0 Å². The Morgan fingerprint density at radius 2 is 1.72 bits per heavy atom. The molecule has 0 aliphatic carbocycles. The van der Waals surface area contributed by atoms with Crippen molar-refractivity contribution < 1.29 is 13.2 Å². The predicted molar refractivity (Wildman–Crippen MR) is 137 cm³/mol. The maximum atomic E-state index is 13.4. The summed E-state index contributed by atoms with van der Waals surface area (Å²) >= 11 is 8.25. The van der Waals surface area contributed by atoms with Crippen LogP contribution < -0.4 is 9.73 Å². The number of carbonyl (C=O) groups excluding carboxylic acids is 1. The fourth-order valence-electron chi connectivity index (χ4n) is 2.99. The lowest BCUT2D eigenvalue weighted by Gasteiger charge is -2.25. The van der Waals surface area contributed by atoms with E-state index >= 15 is 0 Å². The Hall–Kier alpha value is -2.43. The SMILES string of the molecule is C/C(=N/NC(=O)CN(c1ccc(Cl)cc1C)S(=O)(=O)c1ccccc1)c1ccc(I)cc1. The van der Waals surface area contributed by atoms with Crippen molar-refractivity contribution in [3.8, 4) is 0 Å². The zero-order valence-electron chi connectivity index (χ0n) is 17.4. The second-order valence-corrected chi connectivity index (χ2v) is 10.5. The number of hydrogen-bond acceptors (Lipinski definition) is 4. The van der Waals surface area contributed by atoms with Crippen LogP contribution in [-0.4, -0.2) is 26.6 Å². The summed E-state index contributed by atoms with van der Waals surface area (Å²) in [6.07, 6.45) is 0. The van der Waals surface area contributed by atoms with E-state index in [1.807, 2.05) is 24.3 Å². The van der Waals surface area contributed by atoms with Gasteiger partial charge >= 0.3 is 0 Å². The highest BCUT2D eigenvalue weighted by Gasteiger charge is 2.28. The molecule has 0 aliphatic rings. The number of hydrazone groups is 1. The van der Waals surface area contributed by atoms with Crippen molar-refractivity contribution in [2.75, 3.05) is 10.8 Å². The Balaban J connectivity index is 1.89. The first-order valence-corrected chi connectivity index (χ1v) is 12.5. The lowest BCUT2D eigenvalue weighted by Crippen LogP contribution is -2.40. The van der Waals surface area contributed by atoms with Gasteiger partial charge in [0.25, 0.3) is 15.9 Å². The van der Waals surface area contributed by atoms with Crippen molar-refractivity contribution >= 4 is 61.5 Å². The van der Waals surface area contributed by atoms with Gasteiger partial charge in [0.15, 0.2) is 0 Å². The third-order valence-corrected chi connectivity index (χ3v) is 7.38. The zero-order valence-corrected chi connectivity index (χ0v) is 21.1. The molecule has 1 N–H and O–H groups in total. The molecule has 0 saturated heterocycles. The average molecular weight is 582 g/mol. The summed E-state index contributed by atoms with van der Waals surface area (Å²) in [7, 11) is -4.00. The van der Waals surface area contributed by atoms with Gasteiger partial charge in [-0.1, -0.05) is 41.9 Å². The summed E-state index contributed by atoms with van der Waals surface area (Å²) in [5.74, 6) is -0.566. The Morgan fingerprint density at radius 1 is 1.06 bits per heavy atom. The van der Waals surface area contributed by atoms with Gasteiger partial charge in [0, 0.05) is 8.59 Å². The van der Waals surface area contributed by atoms with Gasteiger partial charge in [0.2, 0.25) is 0 Å². The van der Waals surface area contributed by atoms with Gasteiger partial charge in [0.1, 0.15) is 6.54 Å². The molecule has 0 fully saturated rings. The fourth-order valence-corrected chi connectivity index (χ4v) is 5.08. The number of aryl methyl sites for hydroxylation is 1. The minimum absolute atomic E-state index is 0.0840. The average Bonchev–Trinajstić information content (AvgIpc) is 2.77. The molecule has 0 unspecified atom stereocenters. The van der Waals surface area contributed by atoms with E-state index in [2.05, 4.69) is 33.1 Å². The molecule has 0 aliphatic heterocycles. The van der Waals surface area contributed by atoms with Crippen LogP contribution in [0.15, 0.2) is 82.8 Å². The van der Waals surface area contributed by atoms with Crippen molar-refractivity contribution in [3.63, 3.8) is 0 Å². The summed E-state index contributed by atoms with van der Waals surface area (Å²) in [5.41, 5.74) is 4.92. The molecule has 0 atom stereocenters. The highest BCUT2D eigenvalue weighted by atomic mass is 127. The zero-order chi connectivity index (χ0) is 23.3. The van der Waals surface area contributed by atoms with Gasteiger partial charge in [-0.2, -0.15) is 5.10 Å². The molecule has 0 spiro atoms. The van der Waals surface area contributed by atoms with Crippen LogP contribution in [0.3, 0.4) is 0 Å². The third-order valence-electron chi connectivity index (χ3n) is 4.66. The Labute approximate surface area is 206 Å². The molecular formula is C23H21ClIN3O3S. The van der Waals surface area contributed by atoms with Crippen LogP contribution in [0.25, 0.3) is 0 Å². The van der Waals surface area contributed by atoms with Crippen molar-refractivity contribution in [2.45, 2.75) is 18.7 Å². The van der Waals surface area contributed by atoms with Gasteiger partial charge < -0.3 is 0 Å². The lowest BCUT2D eigenvalue weighted by molar-refractivity contribution is -0.119. The number of anilines is 1. The third kappa shape index (κ3) is 5.87. The molecule has 0 radical (unpaired) electrons. The number of nitrogens with one attached hydrogen (secondary N) is 1. The summed E-state index contributed by atoms with van der Waals surface area (Å²) in [6, 6.07) is 20.5. The molecule has 1 amide bonds. The Kier molecular flexibility index (Phi) is 7.91. The molecule has 3 aromatic carbocycles. The summed E-state index contributed by atoms with van der Waals surface area (Å²) < 4.78 is 28.9. The van der Waals surface area contributed by atoms with Crippen LogP contribution in [0.5, 0.6) is 0 Å². The van der Waals surface area contributed by atoms with Gasteiger partial charge in [-0.25, -0.2) is 13.8 Å². The summed E-state index contributed by atoms with van der Waals surface area (Å²) in [5, 5.41) is 4.61. The summed E-state index contributed by atoms with van der Waals surface area (Å²) in [6.45, 7) is 3.07. The lowest BCUT2D eigenvalue weighted by atomic mass is 10.1. The minimum Gasteiger partial charge on any atom is -0.271 e. The standard InChI is InChI=1S/C23H21ClIN3O3S/c1-16-14-19(24)10-13-22(16)28(32(30,31)21-6-4-3-5-7-21)15-23(29)27-26-17(2)18-8-11-20(25)12-9-18/h3-14H,15H2,1-2H3,(H,27,29)/b26-17-. The molecule has 32 heavy (non-hydrogen) atoms. The van der Waals surface area contributed by atoms with Gasteiger partial charge in [-0.05, 0) is 90.0 Å². The van der Waals surface area contributed by atoms with Crippen molar-refractivity contribution in [1.29, 1.82) is 0 Å². The number of benzene rings is 3. The van der Waals surface area contributed by atoms with Crippen LogP contribution >= 0.6 is 34.2 Å². The van der Waals surface area contributed by atoms with Crippen molar-refractivity contribution in [1.82, 2.24) is 5.43 Å². The molecule has 166 valence electrons. The second kappa shape index (κ2) is 10.5. The molecule has 0 saturated carbocycles. The first kappa shape index (κ1) is 24.2. The van der Waals surface area contributed by atoms with Crippen LogP contribution in [0.4, 0.5) is 5.69 Å². The number of amides is 1. The molecule has 0 aromatic heterocycles. The Bertz CT molecular complexity index is 1250. The number of sulfonamides is 1. The maximum Gasteiger partial charge on any atom is 0.264 e. The molecule has 0 bridgehead atoms. The van der Waals surface area contributed by atoms with E-state index in [0.717, 1.165) is 13.4 Å². The largest absolute Gasteiger partial charge is 0.271 e. The first-order valence-electron chi connectivity index (χ1n) is 9.61. The van der Waals surface area contributed by atoms with Crippen LogP contribution in [0, 0.1) is 10.5 Å². The smallest absolute Gasteiger partial charge is 0.264 e. The second-order valence-electron chi connectivity index (χ2n) is 6.99. The number of nitrogens with zero attached hydrogens (tertiary/aromatic N) is 2. The quantitative estimate of drug-likeness (QED) is 0.243. The van der Waals surface area contributed by atoms with E-state index in [4.69, 9.17) is 11.6 Å². The highest BCUT2D eigenvalue weighted by Crippen LogP contribution is 2.28. The highest BCUT2D eigenvalue weighted by molar-refractivity contribution is 14.1. The number of halogens is 2. The molecule has 9 heteroatoms. The molecule has 3 aromatic rings. The first-order chi connectivity index (χ1) is 15.2. The normalized spacial score (nSPS) is 11.8. The molecular weight excluding hydrogens is 561 g/mol. The van der Waals surface area contributed by atoms with Gasteiger partial charge in [-0.3, -0.25) is 9.10 Å². The van der Waals surface area contributed by atoms with E-state index in [1.54, 1.807) is 50.2 Å². The Morgan fingerprint density at radius 3 is 2.34 bits per heavy atom. The van der Waals surface area contributed by atoms with Gasteiger partial charge in [-0.15, -0.1) is 0 Å². The van der Waals surface area contributed by atoms with E-state index in [9.17, 15) is 13.2 Å². The van der Waals surface area contributed by atoms with Crippen LogP contribution in [0.1, 0.15) is 18.1 Å². The predicted octanol–water partition coefficient (Wildman–Crippen LogP) is 4.99. The van der Waals surface area contributed by atoms with E-state index < -0.39 is 22.5 Å². The van der Waals surface area contributed by atoms with Crippen molar-refractivity contribution in [3.05, 3.63) is 92.5 Å². The minimum atomic E-state index is -4.00. The maximum absolute atomic E-state index is 13.4. The van der Waals surface area contributed by atoms with Crippen LogP contribution in [-0.2, 0) is 14.8 Å². The molecule has 3 rings (SSSR count). The number of hydrogen-bond donors (Lipinski definition) is 1. The number of carbonyl (C=O) groups is 1. The molecule has 6 nitrogen and oxygen atoms in total. The van der Waals surface area contributed by atoms with E-state index in [-0.39, 0.29) is 4.90 Å². The number of rotatable bonds is 7. The van der Waals surface area contributed by atoms with E-state index in [1.165, 1.54) is 12.1 Å². The monoisotopic (exact) mass is 581 g/mol.